The first-order valence-corrected chi connectivity index (χ1v) is 5.86. The molecular formula is C13H16FNO2. The number of carbonyl (C=O) groups is 1. The third-order valence-corrected chi connectivity index (χ3v) is 3.16. The van der Waals surface area contributed by atoms with Crippen LogP contribution in [-0.2, 0) is 0 Å². The summed E-state index contributed by atoms with van der Waals surface area (Å²) in [5, 5.41) is 9.11. The number of piperidine rings is 1. The molecule has 1 aliphatic heterocycles. The number of halogens is 1. The predicted molar refractivity (Wildman–Crippen MR) is 62.1 cm³/mol. The summed E-state index contributed by atoms with van der Waals surface area (Å²) < 4.78 is 12.8. The fourth-order valence-electron chi connectivity index (χ4n) is 2.17. The molecule has 3 nitrogen and oxygen atoms in total. The van der Waals surface area contributed by atoms with Gasteiger partial charge in [-0.3, -0.25) is 4.79 Å². The molecule has 4 heteroatoms. The van der Waals surface area contributed by atoms with Gasteiger partial charge in [-0.1, -0.05) is 0 Å². The molecule has 0 aliphatic carbocycles. The summed E-state index contributed by atoms with van der Waals surface area (Å²) in [5.41, 5.74) is 0.505. The highest BCUT2D eigenvalue weighted by atomic mass is 19.1. The summed E-state index contributed by atoms with van der Waals surface area (Å²) in [7, 11) is 0. The van der Waals surface area contributed by atoms with Crippen LogP contribution < -0.4 is 0 Å². The topological polar surface area (TPSA) is 40.5 Å². The van der Waals surface area contributed by atoms with Crippen molar-refractivity contribution >= 4 is 5.91 Å². The lowest BCUT2D eigenvalue weighted by molar-refractivity contribution is 0.0620. The van der Waals surface area contributed by atoms with Gasteiger partial charge in [0, 0.05) is 25.3 Å². The highest BCUT2D eigenvalue weighted by Crippen LogP contribution is 2.18. The van der Waals surface area contributed by atoms with Gasteiger partial charge in [0.15, 0.2) is 0 Å². The second kappa shape index (κ2) is 5.27. The van der Waals surface area contributed by atoms with Crippen molar-refractivity contribution in [2.24, 2.45) is 5.92 Å². The lowest BCUT2D eigenvalue weighted by Crippen LogP contribution is -2.40. The number of carbonyl (C=O) groups excluding carboxylic acids is 1. The number of aliphatic hydroxyl groups is 1. The zero-order valence-corrected chi connectivity index (χ0v) is 9.60. The molecule has 0 saturated carbocycles. The fraction of sp³-hybridized carbons (Fsp3) is 0.462. The number of likely N-dealkylation sites (tertiary alicyclic amines) is 1. The maximum Gasteiger partial charge on any atom is 0.253 e. The van der Waals surface area contributed by atoms with E-state index in [2.05, 4.69) is 0 Å². The summed E-state index contributed by atoms with van der Waals surface area (Å²) >= 11 is 0. The molecule has 1 heterocycles. The minimum Gasteiger partial charge on any atom is -0.396 e. The van der Waals surface area contributed by atoms with Crippen molar-refractivity contribution in [3.8, 4) is 0 Å². The number of amides is 1. The third-order valence-electron chi connectivity index (χ3n) is 3.16. The monoisotopic (exact) mass is 237 g/mol. The summed E-state index contributed by atoms with van der Waals surface area (Å²) in [4.78, 5) is 13.8. The normalized spacial score (nSPS) is 20.4. The van der Waals surface area contributed by atoms with E-state index in [1.165, 1.54) is 24.3 Å². The Morgan fingerprint density at radius 3 is 2.76 bits per heavy atom. The smallest absolute Gasteiger partial charge is 0.253 e. The molecule has 1 unspecified atom stereocenters. The van der Waals surface area contributed by atoms with Gasteiger partial charge in [-0.25, -0.2) is 4.39 Å². The van der Waals surface area contributed by atoms with Crippen LogP contribution in [0.2, 0.25) is 0 Å². The first-order valence-electron chi connectivity index (χ1n) is 5.86. The van der Waals surface area contributed by atoms with Gasteiger partial charge in [0.05, 0.1) is 0 Å². The van der Waals surface area contributed by atoms with Crippen molar-refractivity contribution in [3.05, 3.63) is 35.6 Å². The molecular weight excluding hydrogens is 221 g/mol. The Kier molecular flexibility index (Phi) is 3.74. The third kappa shape index (κ3) is 2.82. The fourth-order valence-corrected chi connectivity index (χ4v) is 2.17. The van der Waals surface area contributed by atoms with Crippen molar-refractivity contribution in [3.63, 3.8) is 0 Å². The summed E-state index contributed by atoms with van der Waals surface area (Å²) in [6, 6.07) is 5.59. The van der Waals surface area contributed by atoms with Crippen molar-refractivity contribution in [2.75, 3.05) is 19.7 Å². The van der Waals surface area contributed by atoms with E-state index in [1.807, 2.05) is 0 Å². The van der Waals surface area contributed by atoms with Gasteiger partial charge in [0.1, 0.15) is 5.82 Å². The molecule has 1 aliphatic rings. The average molecular weight is 237 g/mol. The molecule has 1 fully saturated rings. The summed E-state index contributed by atoms with van der Waals surface area (Å²) in [6.07, 6.45) is 1.88. The number of rotatable bonds is 2. The molecule has 0 bridgehead atoms. The van der Waals surface area contributed by atoms with Crippen molar-refractivity contribution in [1.82, 2.24) is 4.90 Å². The number of hydrogen-bond donors (Lipinski definition) is 1. The molecule has 0 spiro atoms. The van der Waals surface area contributed by atoms with E-state index >= 15 is 0 Å². The van der Waals surface area contributed by atoms with Crippen molar-refractivity contribution in [2.45, 2.75) is 12.8 Å². The molecule has 2 rings (SSSR count). The second-order valence-corrected chi connectivity index (χ2v) is 4.45. The van der Waals surface area contributed by atoms with Crippen LogP contribution >= 0.6 is 0 Å². The van der Waals surface area contributed by atoms with Crippen LogP contribution in [0, 0.1) is 11.7 Å². The number of aliphatic hydroxyl groups excluding tert-OH is 1. The van der Waals surface area contributed by atoms with E-state index < -0.39 is 0 Å². The predicted octanol–water partition coefficient (Wildman–Crippen LogP) is 1.67. The zero-order chi connectivity index (χ0) is 12.3. The quantitative estimate of drug-likeness (QED) is 0.850. The molecule has 1 saturated heterocycles. The molecule has 1 aromatic rings. The standard InChI is InChI=1S/C13H16FNO2/c14-12-5-3-11(4-6-12)13(17)15-7-1-2-10(8-15)9-16/h3-6,10,16H,1-2,7-9H2. The minimum atomic E-state index is -0.339. The SMILES string of the molecule is O=C(c1ccc(F)cc1)N1CCCC(CO)C1. The highest BCUT2D eigenvalue weighted by molar-refractivity contribution is 5.94. The van der Waals surface area contributed by atoms with E-state index in [9.17, 15) is 9.18 Å². The van der Waals surface area contributed by atoms with Crippen LogP contribution in [0.1, 0.15) is 23.2 Å². The van der Waals surface area contributed by atoms with E-state index in [0.29, 0.717) is 18.7 Å². The lowest BCUT2D eigenvalue weighted by Gasteiger charge is -2.31. The zero-order valence-electron chi connectivity index (χ0n) is 9.60. The molecule has 92 valence electrons. The van der Waals surface area contributed by atoms with Crippen molar-refractivity contribution < 1.29 is 14.3 Å². The Morgan fingerprint density at radius 2 is 2.12 bits per heavy atom. The van der Waals surface area contributed by atoms with Crippen LogP contribution in [0.25, 0.3) is 0 Å². The van der Waals surface area contributed by atoms with Gasteiger partial charge < -0.3 is 10.0 Å². The number of hydrogen-bond acceptors (Lipinski definition) is 2. The van der Waals surface area contributed by atoms with Crippen LogP contribution in [0.5, 0.6) is 0 Å². The Labute approximate surface area is 99.9 Å². The first-order chi connectivity index (χ1) is 8.20. The van der Waals surface area contributed by atoms with Gasteiger partial charge in [0.2, 0.25) is 0 Å². The largest absolute Gasteiger partial charge is 0.396 e. The second-order valence-electron chi connectivity index (χ2n) is 4.45. The molecule has 1 amide bonds. The Morgan fingerprint density at radius 1 is 1.41 bits per heavy atom. The van der Waals surface area contributed by atoms with Crippen molar-refractivity contribution in [1.29, 1.82) is 0 Å². The molecule has 1 aromatic carbocycles. The number of nitrogens with zero attached hydrogens (tertiary/aromatic N) is 1. The van der Waals surface area contributed by atoms with Gasteiger partial charge in [-0.2, -0.15) is 0 Å². The van der Waals surface area contributed by atoms with E-state index in [1.54, 1.807) is 4.90 Å². The maximum absolute atomic E-state index is 12.8. The summed E-state index contributed by atoms with van der Waals surface area (Å²) in [5.74, 6) is -0.246. The highest BCUT2D eigenvalue weighted by Gasteiger charge is 2.23. The first kappa shape index (κ1) is 12.0. The Bertz CT molecular complexity index is 391. The Balaban J connectivity index is 2.06. The Hall–Kier alpha value is -1.42. The molecule has 0 radical (unpaired) electrons. The van der Waals surface area contributed by atoms with Crippen LogP contribution in [0.3, 0.4) is 0 Å². The average Bonchev–Trinajstić information content (AvgIpc) is 2.39. The molecule has 1 N–H and O–H groups in total. The molecule has 17 heavy (non-hydrogen) atoms. The van der Waals surface area contributed by atoms with Gasteiger partial charge in [0.25, 0.3) is 5.91 Å². The van der Waals surface area contributed by atoms with Gasteiger partial charge in [-0.15, -0.1) is 0 Å². The molecule has 0 aromatic heterocycles. The van der Waals surface area contributed by atoms with Crippen LogP contribution in [0.4, 0.5) is 4.39 Å². The maximum atomic E-state index is 12.8. The van der Waals surface area contributed by atoms with Gasteiger partial charge in [-0.05, 0) is 43.0 Å². The lowest BCUT2D eigenvalue weighted by atomic mass is 9.98. The van der Waals surface area contributed by atoms with E-state index in [4.69, 9.17) is 5.11 Å². The van der Waals surface area contributed by atoms with Crippen LogP contribution in [-0.4, -0.2) is 35.6 Å². The van der Waals surface area contributed by atoms with Crippen LogP contribution in [0.15, 0.2) is 24.3 Å². The van der Waals surface area contributed by atoms with Gasteiger partial charge >= 0.3 is 0 Å². The van der Waals surface area contributed by atoms with E-state index in [0.717, 1.165) is 12.8 Å². The molecule has 1 atom stereocenters. The number of benzene rings is 1. The minimum absolute atomic E-state index is 0.0804. The summed E-state index contributed by atoms with van der Waals surface area (Å²) in [6.45, 7) is 1.42. The van der Waals surface area contributed by atoms with E-state index in [-0.39, 0.29) is 24.2 Å².